The minimum atomic E-state index is -0.659. The average Bonchev–Trinajstić information content (AvgIpc) is 2.37. The van der Waals surface area contributed by atoms with Crippen LogP contribution in [0.15, 0.2) is 12.1 Å². The standard InChI is InChI=1S/C13H16N2O4/c1-7(14)13(17)15-10-6-12-11(18-3-4-19-12)5-9(10)8(2)16/h5-7H,3-4,14H2,1-2H3,(H,15,17)/t7-/m1/s1. The normalized spacial score (nSPS) is 14.7. The Balaban J connectivity index is 2.40. The van der Waals surface area contributed by atoms with Crippen LogP contribution in [0.1, 0.15) is 24.2 Å². The molecule has 1 amide bonds. The Bertz CT molecular complexity index is 526. The summed E-state index contributed by atoms with van der Waals surface area (Å²) in [6, 6.07) is 2.51. The highest BCUT2D eigenvalue weighted by Crippen LogP contribution is 2.35. The number of carbonyl (C=O) groups is 2. The van der Waals surface area contributed by atoms with Gasteiger partial charge in [0.2, 0.25) is 5.91 Å². The first-order valence-corrected chi connectivity index (χ1v) is 6.00. The van der Waals surface area contributed by atoms with Crippen molar-refractivity contribution in [1.29, 1.82) is 0 Å². The van der Waals surface area contributed by atoms with E-state index in [4.69, 9.17) is 15.2 Å². The summed E-state index contributed by atoms with van der Waals surface area (Å²) in [7, 11) is 0. The molecule has 0 aliphatic carbocycles. The molecule has 0 aromatic heterocycles. The molecule has 2 rings (SSSR count). The molecule has 1 aliphatic rings. The second kappa shape index (κ2) is 5.27. The first-order chi connectivity index (χ1) is 8.99. The van der Waals surface area contributed by atoms with E-state index in [0.717, 1.165) is 0 Å². The maximum Gasteiger partial charge on any atom is 0.241 e. The number of amides is 1. The van der Waals surface area contributed by atoms with Crippen LogP contribution in [0.5, 0.6) is 11.5 Å². The van der Waals surface area contributed by atoms with E-state index in [0.29, 0.717) is 36.0 Å². The molecule has 0 bridgehead atoms. The summed E-state index contributed by atoms with van der Waals surface area (Å²) in [4.78, 5) is 23.3. The van der Waals surface area contributed by atoms with Crippen molar-refractivity contribution in [3.05, 3.63) is 17.7 Å². The van der Waals surface area contributed by atoms with Crippen molar-refractivity contribution in [2.45, 2.75) is 19.9 Å². The Labute approximate surface area is 110 Å². The molecule has 0 saturated heterocycles. The van der Waals surface area contributed by atoms with Crippen LogP contribution in [0, 0.1) is 0 Å². The van der Waals surface area contributed by atoms with Gasteiger partial charge in [0.1, 0.15) is 13.2 Å². The number of carbonyl (C=O) groups excluding carboxylic acids is 2. The first-order valence-electron chi connectivity index (χ1n) is 6.00. The molecule has 1 atom stereocenters. The summed E-state index contributed by atoms with van der Waals surface area (Å²) < 4.78 is 10.8. The number of benzene rings is 1. The molecule has 0 unspecified atom stereocenters. The van der Waals surface area contributed by atoms with Crippen LogP contribution in [0.3, 0.4) is 0 Å². The maximum atomic E-state index is 11.6. The van der Waals surface area contributed by atoms with Crippen LogP contribution in [0.25, 0.3) is 0 Å². The highest BCUT2D eigenvalue weighted by molar-refractivity contribution is 6.05. The Morgan fingerprint density at radius 2 is 1.84 bits per heavy atom. The molecule has 0 spiro atoms. The maximum absolute atomic E-state index is 11.6. The van der Waals surface area contributed by atoms with Gasteiger partial charge in [-0.2, -0.15) is 0 Å². The van der Waals surface area contributed by atoms with E-state index in [2.05, 4.69) is 5.32 Å². The van der Waals surface area contributed by atoms with E-state index < -0.39 is 6.04 Å². The van der Waals surface area contributed by atoms with Gasteiger partial charge in [-0.3, -0.25) is 9.59 Å². The van der Waals surface area contributed by atoms with Gasteiger partial charge in [-0.15, -0.1) is 0 Å². The number of ketones is 1. The number of fused-ring (bicyclic) bond motifs is 1. The number of hydrogen-bond acceptors (Lipinski definition) is 5. The molecule has 0 saturated carbocycles. The Morgan fingerprint density at radius 3 is 2.37 bits per heavy atom. The predicted octanol–water partition coefficient (Wildman–Crippen LogP) is 0.946. The molecule has 19 heavy (non-hydrogen) atoms. The zero-order valence-corrected chi connectivity index (χ0v) is 10.9. The lowest BCUT2D eigenvalue weighted by atomic mass is 10.1. The fourth-order valence-corrected chi connectivity index (χ4v) is 1.73. The van der Waals surface area contributed by atoms with E-state index in [1.807, 2.05) is 0 Å². The molecular weight excluding hydrogens is 248 g/mol. The van der Waals surface area contributed by atoms with E-state index in [1.165, 1.54) is 6.92 Å². The van der Waals surface area contributed by atoms with Crippen LogP contribution in [0.2, 0.25) is 0 Å². The van der Waals surface area contributed by atoms with Gasteiger partial charge < -0.3 is 20.5 Å². The third-order valence-corrected chi connectivity index (χ3v) is 2.73. The molecule has 3 N–H and O–H groups in total. The van der Waals surface area contributed by atoms with Crippen molar-refractivity contribution < 1.29 is 19.1 Å². The van der Waals surface area contributed by atoms with Crippen molar-refractivity contribution in [3.8, 4) is 11.5 Å². The number of nitrogens with two attached hydrogens (primary N) is 1. The molecule has 6 nitrogen and oxygen atoms in total. The summed E-state index contributed by atoms with van der Waals surface area (Å²) in [5.41, 5.74) is 6.26. The molecular formula is C13H16N2O4. The zero-order chi connectivity index (χ0) is 14.0. The SMILES string of the molecule is CC(=O)c1cc2c(cc1NC(=O)[C@@H](C)N)OCCO2. The molecule has 102 valence electrons. The van der Waals surface area contributed by atoms with Crippen LogP contribution in [-0.4, -0.2) is 30.9 Å². The number of nitrogens with one attached hydrogen (secondary N) is 1. The number of hydrogen-bond donors (Lipinski definition) is 2. The second-order valence-corrected chi connectivity index (χ2v) is 4.38. The van der Waals surface area contributed by atoms with Gasteiger partial charge in [-0.25, -0.2) is 0 Å². The number of ether oxygens (including phenoxy) is 2. The topological polar surface area (TPSA) is 90.7 Å². The minimum Gasteiger partial charge on any atom is -0.486 e. The fourth-order valence-electron chi connectivity index (χ4n) is 1.73. The van der Waals surface area contributed by atoms with Crippen LogP contribution in [0.4, 0.5) is 5.69 Å². The van der Waals surface area contributed by atoms with Crippen molar-refractivity contribution >= 4 is 17.4 Å². The third kappa shape index (κ3) is 2.85. The first kappa shape index (κ1) is 13.4. The van der Waals surface area contributed by atoms with Crippen molar-refractivity contribution in [3.63, 3.8) is 0 Å². The lowest BCUT2D eigenvalue weighted by Gasteiger charge is -2.21. The van der Waals surface area contributed by atoms with Gasteiger partial charge in [-0.1, -0.05) is 0 Å². The predicted molar refractivity (Wildman–Crippen MR) is 69.7 cm³/mol. The summed E-state index contributed by atoms with van der Waals surface area (Å²) in [5.74, 6) is 0.489. The van der Waals surface area contributed by atoms with Gasteiger partial charge in [-0.05, 0) is 19.9 Å². The second-order valence-electron chi connectivity index (χ2n) is 4.38. The summed E-state index contributed by atoms with van der Waals surface area (Å²) in [6.45, 7) is 3.87. The van der Waals surface area contributed by atoms with Gasteiger partial charge >= 0.3 is 0 Å². The average molecular weight is 264 g/mol. The quantitative estimate of drug-likeness (QED) is 0.793. The monoisotopic (exact) mass is 264 g/mol. The minimum absolute atomic E-state index is 0.169. The van der Waals surface area contributed by atoms with E-state index in [-0.39, 0.29) is 11.7 Å². The Kier molecular flexibility index (Phi) is 3.71. The molecule has 6 heteroatoms. The highest BCUT2D eigenvalue weighted by atomic mass is 16.6. The van der Waals surface area contributed by atoms with Crippen LogP contribution in [-0.2, 0) is 4.79 Å². The van der Waals surface area contributed by atoms with Gasteiger partial charge in [0.05, 0.1) is 11.7 Å². The van der Waals surface area contributed by atoms with Gasteiger partial charge in [0.15, 0.2) is 17.3 Å². The number of anilines is 1. The Hall–Kier alpha value is -2.08. The zero-order valence-electron chi connectivity index (χ0n) is 10.9. The van der Waals surface area contributed by atoms with Crippen LogP contribution < -0.4 is 20.5 Å². The largest absolute Gasteiger partial charge is 0.486 e. The lowest BCUT2D eigenvalue weighted by Crippen LogP contribution is -2.33. The summed E-state index contributed by atoms with van der Waals surface area (Å²) in [5, 5.41) is 2.62. The van der Waals surface area contributed by atoms with Gasteiger partial charge in [0.25, 0.3) is 0 Å². The van der Waals surface area contributed by atoms with E-state index in [9.17, 15) is 9.59 Å². The molecule has 0 fully saturated rings. The van der Waals surface area contributed by atoms with E-state index in [1.54, 1.807) is 19.1 Å². The Morgan fingerprint density at radius 1 is 1.26 bits per heavy atom. The molecule has 1 heterocycles. The molecule has 1 aromatic rings. The number of Topliss-reactive ketones (excluding diaryl/α,β-unsaturated/α-hetero) is 1. The smallest absolute Gasteiger partial charge is 0.241 e. The third-order valence-electron chi connectivity index (χ3n) is 2.73. The van der Waals surface area contributed by atoms with Crippen molar-refractivity contribution in [2.75, 3.05) is 18.5 Å². The van der Waals surface area contributed by atoms with Crippen molar-refractivity contribution in [1.82, 2.24) is 0 Å². The fraction of sp³-hybridized carbons (Fsp3) is 0.385. The summed E-state index contributed by atoms with van der Waals surface area (Å²) in [6.07, 6.45) is 0. The van der Waals surface area contributed by atoms with E-state index >= 15 is 0 Å². The molecule has 1 aliphatic heterocycles. The lowest BCUT2D eigenvalue weighted by molar-refractivity contribution is -0.117. The highest BCUT2D eigenvalue weighted by Gasteiger charge is 2.19. The van der Waals surface area contributed by atoms with Gasteiger partial charge in [0, 0.05) is 11.6 Å². The number of rotatable bonds is 3. The van der Waals surface area contributed by atoms with Crippen LogP contribution >= 0.6 is 0 Å². The summed E-state index contributed by atoms with van der Waals surface area (Å²) >= 11 is 0. The molecule has 0 radical (unpaired) electrons. The van der Waals surface area contributed by atoms with Crippen molar-refractivity contribution in [2.24, 2.45) is 5.73 Å². The molecule has 1 aromatic carbocycles.